The minimum absolute atomic E-state index is 0.159. The smallest absolute Gasteiger partial charge is 0.282 e. The molecule has 0 saturated carbocycles. The third-order valence-electron chi connectivity index (χ3n) is 4.62. The highest BCUT2D eigenvalue weighted by Gasteiger charge is 2.32. The highest BCUT2D eigenvalue weighted by atomic mass is 16.5. The molecule has 138 valence electrons. The number of nitrogens with zero attached hydrogens (tertiary/aromatic N) is 2. The molecule has 1 aliphatic heterocycles. The van der Waals surface area contributed by atoms with Crippen LogP contribution in [0.5, 0.6) is 5.75 Å². The van der Waals surface area contributed by atoms with Gasteiger partial charge in [-0.25, -0.2) is 4.99 Å². The van der Waals surface area contributed by atoms with E-state index in [9.17, 15) is 4.79 Å². The molecule has 0 saturated heterocycles. The number of hydrogen-bond acceptors (Lipinski definition) is 3. The van der Waals surface area contributed by atoms with Gasteiger partial charge in [-0.05, 0) is 31.2 Å². The maximum Gasteiger partial charge on any atom is 0.282 e. The van der Waals surface area contributed by atoms with Gasteiger partial charge in [0.1, 0.15) is 17.3 Å². The van der Waals surface area contributed by atoms with Gasteiger partial charge in [0, 0.05) is 11.1 Å². The summed E-state index contributed by atoms with van der Waals surface area (Å²) >= 11 is 0. The van der Waals surface area contributed by atoms with Gasteiger partial charge in [0.05, 0.1) is 12.8 Å². The van der Waals surface area contributed by atoms with E-state index in [1.54, 1.807) is 18.1 Å². The molecule has 3 aromatic carbocycles. The predicted molar refractivity (Wildman–Crippen MR) is 113 cm³/mol. The largest absolute Gasteiger partial charge is 0.496 e. The van der Waals surface area contributed by atoms with E-state index in [2.05, 4.69) is 4.99 Å². The number of carbonyl (C=O) groups excluding carboxylic acids is 1. The van der Waals surface area contributed by atoms with Crippen LogP contribution in [0, 0.1) is 6.92 Å². The number of aliphatic imine (C=N–C) groups is 1. The standard InChI is InChI=1S/C24H20N2O2/c1-17-12-14-20(15-13-17)26-23(18-8-4-3-5-9-18)25-21(24(26)27)16-19-10-6-7-11-22(19)28-2/h3-16H,1-2H3/b21-16+. The van der Waals surface area contributed by atoms with Crippen molar-refractivity contribution < 1.29 is 9.53 Å². The minimum atomic E-state index is -0.159. The first kappa shape index (κ1) is 17.7. The summed E-state index contributed by atoms with van der Waals surface area (Å²) in [5.41, 5.74) is 4.01. The Balaban J connectivity index is 1.83. The SMILES string of the molecule is COc1ccccc1/C=C1/N=C(c2ccccc2)N(c2ccc(C)cc2)C1=O. The Labute approximate surface area is 164 Å². The molecular weight excluding hydrogens is 348 g/mol. The lowest BCUT2D eigenvalue weighted by Crippen LogP contribution is -2.32. The Morgan fingerprint density at radius 2 is 1.57 bits per heavy atom. The monoisotopic (exact) mass is 368 g/mol. The molecule has 0 atom stereocenters. The molecule has 1 amide bonds. The highest BCUT2D eigenvalue weighted by molar-refractivity contribution is 6.33. The number of ether oxygens (including phenoxy) is 1. The number of amidine groups is 1. The second kappa shape index (κ2) is 7.53. The zero-order valence-electron chi connectivity index (χ0n) is 15.8. The zero-order chi connectivity index (χ0) is 19.5. The van der Waals surface area contributed by atoms with Gasteiger partial charge in [-0.3, -0.25) is 9.69 Å². The van der Waals surface area contributed by atoms with Crippen molar-refractivity contribution in [2.75, 3.05) is 12.0 Å². The lowest BCUT2D eigenvalue weighted by Gasteiger charge is -2.18. The summed E-state index contributed by atoms with van der Waals surface area (Å²) in [7, 11) is 1.62. The van der Waals surface area contributed by atoms with Crippen molar-refractivity contribution in [3.63, 3.8) is 0 Å². The first-order valence-corrected chi connectivity index (χ1v) is 9.07. The molecule has 0 fully saturated rings. The van der Waals surface area contributed by atoms with E-state index in [0.29, 0.717) is 17.3 Å². The number of carbonyl (C=O) groups is 1. The quantitative estimate of drug-likeness (QED) is 0.619. The van der Waals surface area contributed by atoms with E-state index in [1.807, 2.05) is 85.8 Å². The van der Waals surface area contributed by atoms with Crippen molar-refractivity contribution in [3.05, 3.63) is 101 Å². The average molecular weight is 368 g/mol. The van der Waals surface area contributed by atoms with Gasteiger partial charge in [-0.15, -0.1) is 0 Å². The summed E-state index contributed by atoms with van der Waals surface area (Å²) in [6, 6.07) is 25.2. The van der Waals surface area contributed by atoms with Crippen LogP contribution in [0.2, 0.25) is 0 Å². The third-order valence-corrected chi connectivity index (χ3v) is 4.62. The average Bonchev–Trinajstić information content (AvgIpc) is 3.06. The number of amides is 1. The Morgan fingerprint density at radius 1 is 0.893 bits per heavy atom. The molecule has 0 unspecified atom stereocenters. The van der Waals surface area contributed by atoms with E-state index < -0.39 is 0 Å². The maximum absolute atomic E-state index is 13.3. The summed E-state index contributed by atoms with van der Waals surface area (Å²) < 4.78 is 5.41. The van der Waals surface area contributed by atoms with Crippen molar-refractivity contribution in [1.29, 1.82) is 0 Å². The molecule has 1 aliphatic rings. The van der Waals surface area contributed by atoms with E-state index in [1.165, 1.54) is 0 Å². The van der Waals surface area contributed by atoms with Crippen molar-refractivity contribution in [2.24, 2.45) is 4.99 Å². The van der Waals surface area contributed by atoms with Crippen LogP contribution in [0.25, 0.3) is 6.08 Å². The van der Waals surface area contributed by atoms with Crippen LogP contribution in [0.4, 0.5) is 5.69 Å². The van der Waals surface area contributed by atoms with Crippen LogP contribution in [0.1, 0.15) is 16.7 Å². The molecule has 0 radical (unpaired) electrons. The number of anilines is 1. The fraction of sp³-hybridized carbons (Fsp3) is 0.0833. The number of aryl methyl sites for hydroxylation is 1. The predicted octanol–water partition coefficient (Wildman–Crippen LogP) is 4.84. The van der Waals surface area contributed by atoms with Crippen LogP contribution in [0.15, 0.2) is 89.6 Å². The number of hydrogen-bond donors (Lipinski definition) is 0. The third kappa shape index (κ3) is 3.32. The second-order valence-electron chi connectivity index (χ2n) is 6.55. The lowest BCUT2D eigenvalue weighted by molar-refractivity contribution is -0.113. The van der Waals surface area contributed by atoms with Crippen LogP contribution in [0.3, 0.4) is 0 Å². The zero-order valence-corrected chi connectivity index (χ0v) is 15.8. The van der Waals surface area contributed by atoms with Crippen molar-refractivity contribution in [3.8, 4) is 5.75 Å². The molecule has 1 heterocycles. The fourth-order valence-corrected chi connectivity index (χ4v) is 3.16. The van der Waals surface area contributed by atoms with Gasteiger partial charge < -0.3 is 4.74 Å². The van der Waals surface area contributed by atoms with Crippen LogP contribution < -0.4 is 9.64 Å². The van der Waals surface area contributed by atoms with Gasteiger partial charge in [0.15, 0.2) is 0 Å². The molecular formula is C24H20N2O2. The molecule has 4 heteroatoms. The summed E-state index contributed by atoms with van der Waals surface area (Å²) in [5, 5.41) is 0. The van der Waals surface area contributed by atoms with Crippen LogP contribution in [-0.2, 0) is 4.79 Å². The van der Waals surface area contributed by atoms with E-state index in [-0.39, 0.29) is 5.91 Å². The number of rotatable bonds is 4. The van der Waals surface area contributed by atoms with Gasteiger partial charge in [0.2, 0.25) is 0 Å². The van der Waals surface area contributed by atoms with E-state index in [0.717, 1.165) is 22.4 Å². The molecule has 4 rings (SSSR count). The van der Waals surface area contributed by atoms with Gasteiger partial charge in [-0.2, -0.15) is 0 Å². The first-order chi connectivity index (χ1) is 13.7. The summed E-state index contributed by atoms with van der Waals surface area (Å²) in [4.78, 5) is 19.6. The fourth-order valence-electron chi connectivity index (χ4n) is 3.16. The molecule has 4 nitrogen and oxygen atoms in total. The van der Waals surface area contributed by atoms with Crippen LogP contribution >= 0.6 is 0 Å². The molecule has 3 aromatic rings. The summed E-state index contributed by atoms with van der Waals surface area (Å²) in [6.45, 7) is 2.02. The molecule has 0 spiro atoms. The maximum atomic E-state index is 13.3. The number of methoxy groups -OCH3 is 1. The van der Waals surface area contributed by atoms with Crippen molar-refractivity contribution >= 4 is 23.5 Å². The minimum Gasteiger partial charge on any atom is -0.496 e. The Kier molecular flexibility index (Phi) is 4.77. The van der Waals surface area contributed by atoms with Crippen molar-refractivity contribution in [2.45, 2.75) is 6.92 Å². The molecule has 0 bridgehead atoms. The summed E-state index contributed by atoms with van der Waals surface area (Å²) in [6.07, 6.45) is 1.78. The summed E-state index contributed by atoms with van der Waals surface area (Å²) in [5.74, 6) is 1.16. The van der Waals surface area contributed by atoms with Gasteiger partial charge >= 0.3 is 0 Å². The normalized spacial score (nSPS) is 15.1. The molecule has 0 N–H and O–H groups in total. The van der Waals surface area contributed by atoms with E-state index in [4.69, 9.17) is 4.74 Å². The molecule has 0 aliphatic carbocycles. The Hall–Kier alpha value is -3.66. The molecule has 0 aromatic heterocycles. The highest BCUT2D eigenvalue weighted by Crippen LogP contribution is 2.29. The first-order valence-electron chi connectivity index (χ1n) is 9.07. The van der Waals surface area contributed by atoms with Crippen molar-refractivity contribution in [1.82, 2.24) is 0 Å². The van der Waals surface area contributed by atoms with E-state index >= 15 is 0 Å². The Bertz CT molecular complexity index is 1070. The van der Waals surface area contributed by atoms with Gasteiger partial charge in [-0.1, -0.05) is 66.2 Å². The Morgan fingerprint density at radius 3 is 2.29 bits per heavy atom. The number of para-hydroxylation sites is 1. The number of benzene rings is 3. The topological polar surface area (TPSA) is 41.9 Å². The lowest BCUT2D eigenvalue weighted by atomic mass is 10.1. The second-order valence-corrected chi connectivity index (χ2v) is 6.55. The molecule has 28 heavy (non-hydrogen) atoms. The van der Waals surface area contributed by atoms with Gasteiger partial charge in [0.25, 0.3) is 5.91 Å². The van der Waals surface area contributed by atoms with Crippen LogP contribution in [-0.4, -0.2) is 18.9 Å².